The molecule has 2 saturated carbocycles. The third-order valence-corrected chi connectivity index (χ3v) is 6.97. The molecule has 2 N–H and O–H groups in total. The normalized spacial score (nSPS) is 33.7. The van der Waals surface area contributed by atoms with Crippen LogP contribution in [0.25, 0.3) is 0 Å². The Labute approximate surface area is 162 Å². The van der Waals surface area contributed by atoms with Gasteiger partial charge in [-0.15, -0.1) is 0 Å². The number of carboxylic acid groups (broad SMARTS) is 1. The van der Waals surface area contributed by atoms with Gasteiger partial charge < -0.3 is 10.4 Å². The molecule has 4 aliphatic carbocycles. The van der Waals surface area contributed by atoms with E-state index in [1.807, 2.05) is 12.1 Å². The molecule has 0 spiro atoms. The van der Waals surface area contributed by atoms with Crippen molar-refractivity contribution in [3.05, 3.63) is 39.9 Å². The van der Waals surface area contributed by atoms with Gasteiger partial charge in [0.25, 0.3) is 0 Å². The van der Waals surface area contributed by atoms with Crippen LogP contribution in [0.5, 0.6) is 0 Å². The highest BCUT2D eigenvalue weighted by Crippen LogP contribution is 2.63. The number of nitrogens with one attached hydrogen (secondary N) is 1. The topological polar surface area (TPSA) is 66.4 Å². The van der Waals surface area contributed by atoms with E-state index in [-0.39, 0.29) is 17.7 Å². The molecule has 0 heterocycles. The monoisotopic (exact) mass is 417 g/mol. The van der Waals surface area contributed by atoms with Gasteiger partial charge in [-0.3, -0.25) is 9.59 Å². The first-order valence-electron chi connectivity index (χ1n) is 9.49. The minimum Gasteiger partial charge on any atom is -0.481 e. The number of hydrogen-bond acceptors (Lipinski definition) is 2. The van der Waals surface area contributed by atoms with Gasteiger partial charge in [-0.2, -0.15) is 0 Å². The first-order chi connectivity index (χ1) is 12.5. The van der Waals surface area contributed by atoms with E-state index in [0.29, 0.717) is 11.8 Å². The van der Waals surface area contributed by atoms with Crippen LogP contribution in [0.1, 0.15) is 31.4 Å². The quantitative estimate of drug-likeness (QED) is 0.702. The summed E-state index contributed by atoms with van der Waals surface area (Å²) >= 11 is 3.54. The predicted molar refractivity (Wildman–Crippen MR) is 104 cm³/mol. The van der Waals surface area contributed by atoms with Crippen LogP contribution in [0.4, 0.5) is 5.69 Å². The number of allylic oxidation sites excluding steroid dienone is 2. The zero-order valence-electron chi connectivity index (χ0n) is 15.0. The first-order valence-corrected chi connectivity index (χ1v) is 10.3. The number of fused-ring (bicyclic) bond motifs is 1. The van der Waals surface area contributed by atoms with Gasteiger partial charge in [0.15, 0.2) is 0 Å². The van der Waals surface area contributed by atoms with E-state index in [9.17, 15) is 14.7 Å². The summed E-state index contributed by atoms with van der Waals surface area (Å²) in [7, 11) is 0. The lowest BCUT2D eigenvalue weighted by Crippen LogP contribution is -2.48. The average molecular weight is 418 g/mol. The number of aliphatic carboxylic acids is 1. The number of halogens is 1. The molecule has 4 aliphatic rings. The molecule has 5 heteroatoms. The number of hydrogen-bond donors (Lipinski definition) is 2. The molecule has 138 valence electrons. The van der Waals surface area contributed by atoms with Crippen LogP contribution in [0.2, 0.25) is 0 Å². The third kappa shape index (κ3) is 2.72. The molecular formula is C21H24BrNO3. The third-order valence-electron chi connectivity index (χ3n) is 6.52. The zero-order chi connectivity index (χ0) is 18.6. The van der Waals surface area contributed by atoms with Crippen molar-refractivity contribution in [2.75, 3.05) is 5.32 Å². The SMILES string of the molecule is CCc1cc(Br)cc(CC)c1NC(=O)[C@@H]1[C@H]2C=C[C@@H]([C@@H]3C[C@H]23)[C@H]1C(=O)O. The highest BCUT2D eigenvalue weighted by Gasteiger charge is 2.63. The first kappa shape index (κ1) is 17.8. The van der Waals surface area contributed by atoms with E-state index in [1.165, 1.54) is 0 Å². The second kappa shape index (κ2) is 6.52. The van der Waals surface area contributed by atoms with Crippen LogP contribution in [0.3, 0.4) is 0 Å². The molecule has 6 atom stereocenters. The molecule has 1 aromatic carbocycles. The van der Waals surface area contributed by atoms with Crippen LogP contribution in [0, 0.1) is 35.5 Å². The maximum Gasteiger partial charge on any atom is 0.307 e. The lowest BCUT2D eigenvalue weighted by Gasteiger charge is -2.41. The Morgan fingerprint density at radius 2 is 1.62 bits per heavy atom. The second-order valence-corrected chi connectivity index (χ2v) is 8.70. The van der Waals surface area contributed by atoms with Crippen LogP contribution in [0.15, 0.2) is 28.8 Å². The van der Waals surface area contributed by atoms with Crippen LogP contribution in [-0.4, -0.2) is 17.0 Å². The van der Waals surface area contributed by atoms with Gasteiger partial charge >= 0.3 is 5.97 Å². The maximum absolute atomic E-state index is 13.2. The largest absolute Gasteiger partial charge is 0.481 e. The van der Waals surface area contributed by atoms with Crippen LogP contribution in [-0.2, 0) is 22.4 Å². The number of carbonyl (C=O) groups excluding carboxylic acids is 1. The van der Waals surface area contributed by atoms with Crippen molar-refractivity contribution in [2.45, 2.75) is 33.1 Å². The molecule has 0 radical (unpaired) electrons. The minimum absolute atomic E-state index is 0.0134. The van der Waals surface area contributed by atoms with Crippen molar-refractivity contribution in [1.82, 2.24) is 0 Å². The Hall–Kier alpha value is -1.62. The standard InChI is InChI=1S/C21H24BrNO3/c1-3-10-7-12(22)8-11(4-2)19(10)23-20(24)17-13-5-6-14(16-9-15(13)16)18(17)21(25)26/h5-8,13-18H,3-4,9H2,1-2H3,(H,23,24)(H,25,26)/t13-,14-,15+,16-,17+,18+/m0/s1. The van der Waals surface area contributed by atoms with E-state index in [0.717, 1.165) is 40.5 Å². The van der Waals surface area contributed by atoms with E-state index >= 15 is 0 Å². The van der Waals surface area contributed by atoms with Gasteiger partial charge in [0.1, 0.15) is 0 Å². The van der Waals surface area contributed by atoms with Crippen molar-refractivity contribution < 1.29 is 14.7 Å². The van der Waals surface area contributed by atoms with Gasteiger partial charge in [-0.1, -0.05) is 41.9 Å². The molecule has 0 aromatic heterocycles. The van der Waals surface area contributed by atoms with Crippen molar-refractivity contribution in [3.63, 3.8) is 0 Å². The summed E-state index contributed by atoms with van der Waals surface area (Å²) in [6.45, 7) is 4.13. The molecule has 0 saturated heterocycles. The maximum atomic E-state index is 13.2. The van der Waals surface area contributed by atoms with Crippen LogP contribution >= 0.6 is 15.9 Å². The summed E-state index contributed by atoms with van der Waals surface area (Å²) in [5.74, 6) is -0.983. The molecule has 1 aromatic rings. The number of carbonyl (C=O) groups is 2. The Morgan fingerprint density at radius 1 is 1.08 bits per heavy atom. The fraction of sp³-hybridized carbons (Fsp3) is 0.524. The molecule has 26 heavy (non-hydrogen) atoms. The lowest BCUT2D eigenvalue weighted by atomic mass is 9.62. The summed E-state index contributed by atoms with van der Waals surface area (Å²) in [5, 5.41) is 12.9. The lowest BCUT2D eigenvalue weighted by molar-refractivity contribution is -0.152. The summed E-state index contributed by atoms with van der Waals surface area (Å²) in [4.78, 5) is 25.2. The second-order valence-electron chi connectivity index (χ2n) is 7.79. The number of amides is 1. The summed E-state index contributed by atoms with van der Waals surface area (Å²) in [6, 6.07) is 4.07. The molecule has 0 unspecified atom stereocenters. The van der Waals surface area contributed by atoms with Gasteiger partial charge in [-0.05, 0) is 66.2 Å². The van der Waals surface area contributed by atoms with E-state index in [2.05, 4.69) is 47.2 Å². The van der Waals surface area contributed by atoms with E-state index in [1.54, 1.807) is 0 Å². The highest BCUT2D eigenvalue weighted by molar-refractivity contribution is 9.10. The number of anilines is 1. The number of carboxylic acids is 1. The van der Waals surface area contributed by atoms with Gasteiger partial charge in [0, 0.05) is 10.2 Å². The smallest absolute Gasteiger partial charge is 0.307 e. The Morgan fingerprint density at radius 3 is 2.12 bits per heavy atom. The van der Waals surface area contributed by atoms with Crippen LogP contribution < -0.4 is 5.32 Å². The highest BCUT2D eigenvalue weighted by atomic mass is 79.9. The zero-order valence-corrected chi connectivity index (χ0v) is 16.6. The van der Waals surface area contributed by atoms with Crippen molar-refractivity contribution >= 4 is 33.5 Å². The molecule has 0 aliphatic heterocycles. The number of aryl methyl sites for hydroxylation is 2. The van der Waals surface area contributed by atoms with E-state index < -0.39 is 17.8 Å². The number of benzene rings is 1. The van der Waals surface area contributed by atoms with Gasteiger partial charge in [-0.25, -0.2) is 0 Å². The van der Waals surface area contributed by atoms with Gasteiger partial charge in [0.05, 0.1) is 11.8 Å². The Balaban J connectivity index is 1.66. The van der Waals surface area contributed by atoms with Crippen molar-refractivity contribution in [1.29, 1.82) is 0 Å². The summed E-state index contributed by atoms with van der Waals surface area (Å²) < 4.78 is 1.01. The fourth-order valence-corrected chi connectivity index (χ4v) is 5.77. The average Bonchev–Trinajstić information content (AvgIpc) is 3.44. The molecule has 4 nitrogen and oxygen atoms in total. The van der Waals surface area contributed by atoms with Crippen molar-refractivity contribution in [3.8, 4) is 0 Å². The Bertz CT molecular complexity index is 777. The van der Waals surface area contributed by atoms with Gasteiger partial charge in [0.2, 0.25) is 5.91 Å². The molecule has 2 fully saturated rings. The van der Waals surface area contributed by atoms with E-state index in [4.69, 9.17) is 0 Å². The number of rotatable bonds is 5. The summed E-state index contributed by atoms with van der Waals surface area (Å²) in [5.41, 5.74) is 3.03. The Kier molecular flexibility index (Phi) is 4.46. The molecule has 1 amide bonds. The predicted octanol–water partition coefficient (Wildman–Crippen LogP) is 4.28. The minimum atomic E-state index is -0.836. The molecule has 2 bridgehead atoms. The molecular weight excluding hydrogens is 394 g/mol. The molecule has 5 rings (SSSR count). The van der Waals surface area contributed by atoms with Crippen molar-refractivity contribution in [2.24, 2.45) is 35.5 Å². The fourth-order valence-electron chi connectivity index (χ4n) is 5.22. The summed E-state index contributed by atoms with van der Waals surface area (Å²) in [6.07, 6.45) is 6.84.